The predicted molar refractivity (Wildman–Crippen MR) is 76.1 cm³/mol. The van der Waals surface area contributed by atoms with E-state index in [2.05, 4.69) is 33.0 Å². The Kier molecular flexibility index (Phi) is 2.80. The molecule has 1 N–H and O–H groups in total. The van der Waals surface area contributed by atoms with E-state index in [1.807, 2.05) is 18.2 Å². The molecule has 1 saturated heterocycles. The van der Waals surface area contributed by atoms with E-state index in [1.54, 1.807) is 0 Å². The molecular weight excluding hydrogens is 241 g/mol. The highest BCUT2D eigenvalue weighted by Gasteiger charge is 2.52. The Bertz CT molecular complexity index is 485. The summed E-state index contributed by atoms with van der Waals surface area (Å²) in [7, 11) is -0.353. The van der Waals surface area contributed by atoms with E-state index in [1.165, 1.54) is 0 Å². The maximum Gasteiger partial charge on any atom is 0.497 e. The highest BCUT2D eigenvalue weighted by molar-refractivity contribution is 6.64. The summed E-state index contributed by atoms with van der Waals surface area (Å²) in [5, 5.41) is 3.38. The molecule has 5 heteroatoms. The van der Waals surface area contributed by atoms with Crippen molar-refractivity contribution in [2.45, 2.75) is 38.9 Å². The Morgan fingerprint density at radius 2 is 1.79 bits per heavy atom. The lowest BCUT2D eigenvalue weighted by atomic mass is 9.77. The van der Waals surface area contributed by atoms with E-state index >= 15 is 0 Å². The zero-order valence-corrected chi connectivity index (χ0v) is 11.9. The number of fused-ring (bicyclic) bond motifs is 1. The molecule has 0 amide bonds. The zero-order valence-electron chi connectivity index (χ0n) is 11.9. The molecule has 19 heavy (non-hydrogen) atoms. The number of anilines is 1. The van der Waals surface area contributed by atoms with Gasteiger partial charge in [0.25, 0.3) is 0 Å². The molecule has 102 valence electrons. The lowest BCUT2D eigenvalue weighted by Gasteiger charge is -2.32. The Labute approximate surface area is 114 Å². The summed E-state index contributed by atoms with van der Waals surface area (Å²) < 4.78 is 17.9. The summed E-state index contributed by atoms with van der Waals surface area (Å²) in [6.07, 6.45) is 0. The highest BCUT2D eigenvalue weighted by atomic mass is 16.7. The number of ether oxygens (including phenoxy) is 1. The van der Waals surface area contributed by atoms with Crippen molar-refractivity contribution in [1.82, 2.24) is 0 Å². The first-order valence-electron chi connectivity index (χ1n) is 6.76. The smallest absolute Gasteiger partial charge is 0.490 e. The summed E-state index contributed by atoms with van der Waals surface area (Å²) >= 11 is 0. The maximum absolute atomic E-state index is 6.10. The minimum Gasteiger partial charge on any atom is -0.490 e. The van der Waals surface area contributed by atoms with Gasteiger partial charge in [0.1, 0.15) is 12.4 Å². The highest BCUT2D eigenvalue weighted by Crippen LogP contribution is 2.38. The van der Waals surface area contributed by atoms with Crippen LogP contribution in [-0.2, 0) is 9.31 Å². The molecule has 1 aromatic carbocycles. The number of nitrogens with one attached hydrogen (secondary N) is 1. The molecular formula is C14H20BNO3. The molecule has 2 aliphatic heterocycles. The molecule has 1 aromatic rings. The molecule has 2 heterocycles. The van der Waals surface area contributed by atoms with Gasteiger partial charge in [0.2, 0.25) is 0 Å². The van der Waals surface area contributed by atoms with Gasteiger partial charge in [0.05, 0.1) is 16.9 Å². The molecule has 0 atom stereocenters. The first-order chi connectivity index (χ1) is 8.91. The molecule has 3 rings (SSSR count). The molecule has 0 aromatic heterocycles. The van der Waals surface area contributed by atoms with Gasteiger partial charge >= 0.3 is 7.12 Å². The van der Waals surface area contributed by atoms with Crippen LogP contribution in [0.3, 0.4) is 0 Å². The van der Waals surface area contributed by atoms with Gasteiger partial charge in [-0.1, -0.05) is 12.1 Å². The van der Waals surface area contributed by atoms with Crippen LogP contribution in [0.1, 0.15) is 27.7 Å². The van der Waals surface area contributed by atoms with Gasteiger partial charge in [-0.25, -0.2) is 0 Å². The summed E-state index contributed by atoms with van der Waals surface area (Å²) in [6, 6.07) is 5.98. The van der Waals surface area contributed by atoms with Gasteiger partial charge in [0, 0.05) is 12.0 Å². The van der Waals surface area contributed by atoms with Crippen molar-refractivity contribution in [3.63, 3.8) is 0 Å². The van der Waals surface area contributed by atoms with E-state index in [9.17, 15) is 0 Å². The second kappa shape index (κ2) is 4.15. The second-order valence-corrected chi connectivity index (χ2v) is 6.08. The molecule has 1 fully saturated rings. The fourth-order valence-corrected chi connectivity index (χ4v) is 2.36. The first-order valence-corrected chi connectivity index (χ1v) is 6.76. The zero-order chi connectivity index (χ0) is 13.7. The van der Waals surface area contributed by atoms with Crippen molar-refractivity contribution in [3.8, 4) is 5.75 Å². The van der Waals surface area contributed by atoms with Gasteiger partial charge in [-0.3, -0.25) is 0 Å². The van der Waals surface area contributed by atoms with Crippen LogP contribution in [0.15, 0.2) is 18.2 Å². The molecule has 0 radical (unpaired) electrons. The van der Waals surface area contributed by atoms with Crippen LogP contribution in [0.5, 0.6) is 5.75 Å². The van der Waals surface area contributed by atoms with Crippen LogP contribution in [0.4, 0.5) is 5.69 Å². The van der Waals surface area contributed by atoms with Gasteiger partial charge in [0.15, 0.2) is 0 Å². The minimum absolute atomic E-state index is 0.323. The van der Waals surface area contributed by atoms with Gasteiger partial charge in [-0.15, -0.1) is 0 Å². The van der Waals surface area contributed by atoms with Crippen LogP contribution in [-0.4, -0.2) is 31.5 Å². The molecule has 4 nitrogen and oxygen atoms in total. The van der Waals surface area contributed by atoms with Crippen molar-refractivity contribution in [2.24, 2.45) is 0 Å². The molecule has 0 unspecified atom stereocenters. The van der Waals surface area contributed by atoms with Crippen LogP contribution >= 0.6 is 0 Å². The Hall–Kier alpha value is -1.20. The van der Waals surface area contributed by atoms with E-state index in [4.69, 9.17) is 14.0 Å². The number of hydrogen-bond donors (Lipinski definition) is 1. The minimum atomic E-state index is -0.353. The van der Waals surface area contributed by atoms with E-state index < -0.39 is 0 Å². The summed E-state index contributed by atoms with van der Waals surface area (Å²) in [5.41, 5.74) is 1.36. The Balaban J connectivity index is 1.96. The molecule has 0 aliphatic carbocycles. The van der Waals surface area contributed by atoms with Crippen molar-refractivity contribution >= 4 is 18.3 Å². The van der Waals surface area contributed by atoms with Crippen LogP contribution in [0.25, 0.3) is 0 Å². The standard InChI is InChI=1S/C14H20BNO3/c1-13(2)14(3,4)19-15(18-13)10-6-5-7-11-12(10)16-8-9-17-11/h5-7,16H,8-9H2,1-4H3. The molecule has 0 saturated carbocycles. The molecule has 2 aliphatic rings. The van der Waals surface area contributed by atoms with Crippen LogP contribution < -0.4 is 15.5 Å². The number of hydrogen-bond acceptors (Lipinski definition) is 4. The first kappa shape index (κ1) is 12.8. The van der Waals surface area contributed by atoms with E-state index in [0.717, 1.165) is 23.4 Å². The Morgan fingerprint density at radius 1 is 1.11 bits per heavy atom. The number of benzene rings is 1. The normalized spacial score (nSPS) is 23.5. The summed E-state index contributed by atoms with van der Waals surface area (Å²) in [6.45, 7) is 9.75. The van der Waals surface area contributed by atoms with Crippen molar-refractivity contribution in [1.29, 1.82) is 0 Å². The maximum atomic E-state index is 6.10. The summed E-state index contributed by atoms with van der Waals surface area (Å²) in [4.78, 5) is 0. The summed E-state index contributed by atoms with van der Waals surface area (Å²) in [5.74, 6) is 0.874. The predicted octanol–water partition coefficient (Wildman–Crippen LogP) is 1.79. The van der Waals surface area contributed by atoms with Crippen molar-refractivity contribution in [2.75, 3.05) is 18.5 Å². The second-order valence-electron chi connectivity index (χ2n) is 6.08. The lowest BCUT2D eigenvalue weighted by molar-refractivity contribution is 0.00578. The fraction of sp³-hybridized carbons (Fsp3) is 0.571. The SMILES string of the molecule is CC1(C)OB(c2cccc3c2NCCO3)OC1(C)C. The van der Waals surface area contributed by atoms with Crippen LogP contribution in [0, 0.1) is 0 Å². The largest absolute Gasteiger partial charge is 0.497 e. The van der Waals surface area contributed by atoms with Crippen molar-refractivity contribution in [3.05, 3.63) is 18.2 Å². The third-order valence-electron chi connectivity index (χ3n) is 4.23. The third-order valence-corrected chi connectivity index (χ3v) is 4.23. The third kappa shape index (κ3) is 2.01. The van der Waals surface area contributed by atoms with Gasteiger partial charge in [-0.2, -0.15) is 0 Å². The van der Waals surface area contributed by atoms with E-state index in [-0.39, 0.29) is 18.3 Å². The van der Waals surface area contributed by atoms with E-state index in [0.29, 0.717) is 6.61 Å². The van der Waals surface area contributed by atoms with Crippen LogP contribution in [0.2, 0.25) is 0 Å². The molecule has 0 spiro atoms. The van der Waals surface area contributed by atoms with Gasteiger partial charge in [-0.05, 0) is 33.8 Å². The molecule has 0 bridgehead atoms. The average molecular weight is 261 g/mol. The topological polar surface area (TPSA) is 39.7 Å². The Morgan fingerprint density at radius 3 is 2.47 bits per heavy atom. The number of para-hydroxylation sites is 1. The van der Waals surface area contributed by atoms with Crippen molar-refractivity contribution < 1.29 is 14.0 Å². The monoisotopic (exact) mass is 261 g/mol. The fourth-order valence-electron chi connectivity index (χ4n) is 2.36. The lowest BCUT2D eigenvalue weighted by Crippen LogP contribution is -2.41. The van der Waals surface area contributed by atoms with Gasteiger partial charge < -0.3 is 19.4 Å². The average Bonchev–Trinajstić information content (AvgIpc) is 2.58. The quantitative estimate of drug-likeness (QED) is 0.782. The number of rotatable bonds is 1.